The lowest BCUT2D eigenvalue weighted by Crippen LogP contribution is -2.38. The third-order valence-corrected chi connectivity index (χ3v) is 6.00. The molecule has 34 heavy (non-hydrogen) atoms. The second-order valence-electron chi connectivity index (χ2n) is 8.44. The summed E-state index contributed by atoms with van der Waals surface area (Å²) < 4.78 is 2.10. The van der Waals surface area contributed by atoms with E-state index in [1.807, 2.05) is 64.1 Å². The molecule has 3 aromatic rings. The highest BCUT2D eigenvalue weighted by atomic mass is 16.2. The van der Waals surface area contributed by atoms with Crippen LogP contribution in [0.25, 0.3) is 11.8 Å². The van der Waals surface area contributed by atoms with Crippen LogP contribution in [-0.4, -0.2) is 33.9 Å². The van der Waals surface area contributed by atoms with Crippen molar-refractivity contribution >= 4 is 29.6 Å². The summed E-state index contributed by atoms with van der Waals surface area (Å²) in [5.41, 5.74) is 6.80. The number of aryl methyl sites for hydroxylation is 3. The first-order valence-electron chi connectivity index (χ1n) is 11.3. The van der Waals surface area contributed by atoms with Crippen molar-refractivity contribution in [2.75, 3.05) is 11.9 Å². The number of urea groups is 1. The first-order valence-corrected chi connectivity index (χ1v) is 11.3. The zero-order valence-corrected chi connectivity index (χ0v) is 19.8. The van der Waals surface area contributed by atoms with Crippen molar-refractivity contribution in [2.24, 2.45) is 0 Å². The minimum absolute atomic E-state index is 0.149. The third-order valence-electron chi connectivity index (χ3n) is 6.00. The van der Waals surface area contributed by atoms with Gasteiger partial charge in [-0.2, -0.15) is 0 Å². The highest BCUT2D eigenvalue weighted by Gasteiger charge is 2.35. The van der Waals surface area contributed by atoms with Gasteiger partial charge in [0.1, 0.15) is 12.2 Å². The molecule has 0 unspecified atom stereocenters. The van der Waals surface area contributed by atoms with Gasteiger partial charge in [-0.15, -0.1) is 0 Å². The number of nitrogens with one attached hydrogen (secondary N) is 2. The Balaban J connectivity index is 1.53. The van der Waals surface area contributed by atoms with E-state index in [0.717, 1.165) is 39.5 Å². The number of imide groups is 1. The molecule has 1 aliphatic heterocycles. The Morgan fingerprint density at radius 1 is 1.03 bits per heavy atom. The number of hydrogen-bond donors (Lipinski definition) is 2. The van der Waals surface area contributed by atoms with Gasteiger partial charge in [0.2, 0.25) is 5.91 Å². The highest BCUT2D eigenvalue weighted by molar-refractivity contribution is 6.16. The Labute approximate surface area is 199 Å². The molecule has 2 aromatic carbocycles. The molecule has 4 amide bonds. The summed E-state index contributed by atoms with van der Waals surface area (Å²) in [6, 6.07) is 17.0. The van der Waals surface area contributed by atoms with Crippen LogP contribution in [0.1, 0.15) is 35.0 Å². The van der Waals surface area contributed by atoms with Crippen LogP contribution in [0.2, 0.25) is 0 Å². The molecule has 4 rings (SSSR count). The third kappa shape index (κ3) is 4.50. The fraction of sp³-hybridized carbons (Fsp3) is 0.222. The standard InChI is InChI=1S/C27H28N4O3/c1-5-20-8-6-7-9-23(20)28-25(32)16-30-26(33)24(29-27(30)34)15-21-14-18(3)31(19(21)4)22-12-10-17(2)11-13-22/h6-15H,5,16H2,1-4H3,(H,28,32)(H,29,34)/b24-15-. The summed E-state index contributed by atoms with van der Waals surface area (Å²) in [6.07, 6.45) is 2.42. The molecule has 2 N–H and O–H groups in total. The molecule has 1 aromatic heterocycles. The lowest BCUT2D eigenvalue weighted by molar-refractivity contribution is -0.127. The number of amides is 4. The van der Waals surface area contributed by atoms with Gasteiger partial charge in [-0.1, -0.05) is 42.8 Å². The van der Waals surface area contributed by atoms with Crippen LogP contribution in [0.5, 0.6) is 0 Å². The number of benzene rings is 2. The maximum Gasteiger partial charge on any atom is 0.329 e. The monoisotopic (exact) mass is 456 g/mol. The van der Waals surface area contributed by atoms with Crippen LogP contribution in [0.4, 0.5) is 10.5 Å². The van der Waals surface area contributed by atoms with Gasteiger partial charge >= 0.3 is 6.03 Å². The molecule has 0 aliphatic carbocycles. The second-order valence-corrected chi connectivity index (χ2v) is 8.44. The lowest BCUT2D eigenvalue weighted by Gasteiger charge is -2.13. The van der Waals surface area contributed by atoms with E-state index in [9.17, 15) is 14.4 Å². The van der Waals surface area contributed by atoms with Gasteiger partial charge in [-0.05, 0) is 68.7 Å². The molecule has 1 aliphatic rings. The number of para-hydroxylation sites is 1. The summed E-state index contributed by atoms with van der Waals surface area (Å²) >= 11 is 0. The van der Waals surface area contributed by atoms with Crippen LogP contribution >= 0.6 is 0 Å². The summed E-state index contributed by atoms with van der Waals surface area (Å²) in [5, 5.41) is 5.41. The van der Waals surface area contributed by atoms with Gasteiger partial charge in [0.05, 0.1) is 0 Å². The van der Waals surface area contributed by atoms with E-state index < -0.39 is 17.8 Å². The largest absolute Gasteiger partial charge is 0.329 e. The first-order chi connectivity index (χ1) is 16.3. The van der Waals surface area contributed by atoms with Gasteiger partial charge in [0.25, 0.3) is 5.91 Å². The van der Waals surface area contributed by atoms with Crippen molar-refractivity contribution in [3.05, 3.63) is 88.4 Å². The molecule has 174 valence electrons. The summed E-state index contributed by atoms with van der Waals surface area (Å²) in [5.74, 6) is -0.952. The fourth-order valence-corrected chi connectivity index (χ4v) is 4.18. The van der Waals surface area contributed by atoms with E-state index >= 15 is 0 Å². The minimum atomic E-state index is -0.609. The van der Waals surface area contributed by atoms with E-state index in [-0.39, 0.29) is 12.2 Å². The second kappa shape index (κ2) is 9.39. The predicted octanol–water partition coefficient (Wildman–Crippen LogP) is 4.50. The molecule has 2 heterocycles. The van der Waals surface area contributed by atoms with Crippen LogP contribution in [0, 0.1) is 20.8 Å². The molecule has 1 fully saturated rings. The van der Waals surface area contributed by atoms with E-state index in [0.29, 0.717) is 5.69 Å². The number of rotatable bonds is 6. The highest BCUT2D eigenvalue weighted by Crippen LogP contribution is 2.24. The molecular formula is C27H28N4O3. The van der Waals surface area contributed by atoms with Gasteiger partial charge in [-0.25, -0.2) is 9.69 Å². The van der Waals surface area contributed by atoms with Crippen LogP contribution < -0.4 is 10.6 Å². The Kier molecular flexibility index (Phi) is 6.36. The van der Waals surface area contributed by atoms with Crippen LogP contribution in [-0.2, 0) is 16.0 Å². The number of nitrogens with zero attached hydrogens (tertiary/aromatic N) is 2. The average Bonchev–Trinajstić information content (AvgIpc) is 3.24. The number of carbonyl (C=O) groups is 3. The Bertz CT molecular complexity index is 1300. The molecule has 7 nitrogen and oxygen atoms in total. The maximum absolute atomic E-state index is 12.9. The minimum Gasteiger partial charge on any atom is -0.324 e. The predicted molar refractivity (Wildman–Crippen MR) is 133 cm³/mol. The molecule has 0 radical (unpaired) electrons. The summed E-state index contributed by atoms with van der Waals surface area (Å²) in [6.45, 7) is 7.64. The Hall–Kier alpha value is -4.13. The zero-order valence-electron chi connectivity index (χ0n) is 19.8. The SMILES string of the molecule is CCc1ccccc1NC(=O)CN1C(=O)N/C(=C\c2cc(C)n(-c3ccc(C)cc3)c2C)C1=O. The van der Waals surface area contributed by atoms with Crippen molar-refractivity contribution in [3.8, 4) is 5.69 Å². The number of hydrogen-bond acceptors (Lipinski definition) is 3. The normalized spacial score (nSPS) is 14.6. The molecule has 0 saturated carbocycles. The summed E-state index contributed by atoms with van der Waals surface area (Å²) in [4.78, 5) is 38.9. The number of carbonyl (C=O) groups excluding carboxylic acids is 3. The van der Waals surface area contributed by atoms with Crippen LogP contribution in [0.15, 0.2) is 60.3 Å². The van der Waals surface area contributed by atoms with E-state index in [1.165, 1.54) is 5.56 Å². The molecular weight excluding hydrogens is 428 g/mol. The van der Waals surface area contributed by atoms with Gasteiger partial charge in [-0.3, -0.25) is 9.59 Å². The fourth-order valence-electron chi connectivity index (χ4n) is 4.18. The zero-order chi connectivity index (χ0) is 24.4. The van der Waals surface area contributed by atoms with Crippen molar-refractivity contribution in [2.45, 2.75) is 34.1 Å². The maximum atomic E-state index is 12.9. The van der Waals surface area contributed by atoms with E-state index in [1.54, 1.807) is 12.1 Å². The average molecular weight is 457 g/mol. The molecule has 0 bridgehead atoms. The van der Waals surface area contributed by atoms with Crippen molar-refractivity contribution in [3.63, 3.8) is 0 Å². The van der Waals surface area contributed by atoms with E-state index in [2.05, 4.69) is 27.3 Å². The molecule has 1 saturated heterocycles. The lowest BCUT2D eigenvalue weighted by atomic mass is 10.1. The van der Waals surface area contributed by atoms with Gasteiger partial charge in [0.15, 0.2) is 0 Å². The topological polar surface area (TPSA) is 83.4 Å². The molecule has 0 atom stereocenters. The Morgan fingerprint density at radius 3 is 2.44 bits per heavy atom. The smallest absolute Gasteiger partial charge is 0.324 e. The quantitative estimate of drug-likeness (QED) is 0.423. The number of aromatic nitrogens is 1. The first kappa shape index (κ1) is 23.0. The van der Waals surface area contributed by atoms with Crippen LogP contribution in [0.3, 0.4) is 0 Å². The van der Waals surface area contributed by atoms with Crippen molar-refractivity contribution in [1.82, 2.24) is 14.8 Å². The van der Waals surface area contributed by atoms with Gasteiger partial charge < -0.3 is 15.2 Å². The molecule has 0 spiro atoms. The number of anilines is 1. The van der Waals surface area contributed by atoms with Crippen molar-refractivity contribution < 1.29 is 14.4 Å². The van der Waals surface area contributed by atoms with Gasteiger partial charge in [0, 0.05) is 22.8 Å². The van der Waals surface area contributed by atoms with Crippen molar-refractivity contribution in [1.29, 1.82) is 0 Å². The van der Waals surface area contributed by atoms with E-state index in [4.69, 9.17) is 0 Å². The Morgan fingerprint density at radius 2 is 1.74 bits per heavy atom. The molecule has 7 heteroatoms. The summed E-state index contributed by atoms with van der Waals surface area (Å²) in [7, 11) is 0.